The van der Waals surface area contributed by atoms with Gasteiger partial charge < -0.3 is 19.9 Å². The van der Waals surface area contributed by atoms with Crippen LogP contribution in [0.5, 0.6) is 11.5 Å². The quantitative estimate of drug-likeness (QED) is 0.794. The van der Waals surface area contributed by atoms with Crippen LogP contribution < -0.4 is 14.8 Å². The van der Waals surface area contributed by atoms with Crippen LogP contribution in [0.15, 0.2) is 48.5 Å². The van der Waals surface area contributed by atoms with Gasteiger partial charge >= 0.3 is 5.97 Å². The molecule has 5 nitrogen and oxygen atoms in total. The molecule has 1 aliphatic rings. The summed E-state index contributed by atoms with van der Waals surface area (Å²) in [5.41, 5.74) is 1.84. The van der Waals surface area contributed by atoms with Crippen LogP contribution in [0.3, 0.4) is 0 Å². The van der Waals surface area contributed by atoms with Crippen molar-refractivity contribution in [3.63, 3.8) is 0 Å². The lowest BCUT2D eigenvalue weighted by Crippen LogP contribution is -2.18. The summed E-state index contributed by atoms with van der Waals surface area (Å²) in [4.78, 5) is 11.6. The van der Waals surface area contributed by atoms with Crippen LogP contribution in [-0.2, 0) is 6.61 Å². The molecule has 3 rings (SSSR count). The second-order valence-electron chi connectivity index (χ2n) is 6.23. The van der Waals surface area contributed by atoms with Crippen molar-refractivity contribution in [2.75, 3.05) is 13.7 Å². The third-order valence-electron chi connectivity index (χ3n) is 4.41. The Morgan fingerprint density at radius 2 is 2.08 bits per heavy atom. The Morgan fingerprint density at radius 3 is 2.73 bits per heavy atom. The summed E-state index contributed by atoms with van der Waals surface area (Å²) >= 11 is 0. The van der Waals surface area contributed by atoms with Gasteiger partial charge in [0.15, 0.2) is 11.5 Å². The first-order valence-electron chi connectivity index (χ1n) is 8.71. The van der Waals surface area contributed by atoms with Gasteiger partial charge in [0.25, 0.3) is 0 Å². The van der Waals surface area contributed by atoms with Crippen molar-refractivity contribution >= 4 is 12.0 Å². The summed E-state index contributed by atoms with van der Waals surface area (Å²) in [5.74, 6) is -0.0493. The normalized spacial score (nSPS) is 16.7. The molecular formula is C21H23NO4. The molecule has 0 aromatic heterocycles. The van der Waals surface area contributed by atoms with Gasteiger partial charge in [-0.1, -0.05) is 42.5 Å². The lowest BCUT2D eigenvalue weighted by Gasteiger charge is -2.14. The van der Waals surface area contributed by atoms with E-state index in [1.165, 1.54) is 13.2 Å². The number of methoxy groups -OCH3 is 1. The zero-order chi connectivity index (χ0) is 18.4. The van der Waals surface area contributed by atoms with Gasteiger partial charge in [-0.05, 0) is 42.6 Å². The predicted octanol–water partition coefficient (Wildman–Crippen LogP) is 3.74. The molecule has 5 heteroatoms. The molecule has 2 aromatic carbocycles. The first kappa shape index (κ1) is 18.0. The Morgan fingerprint density at radius 1 is 1.27 bits per heavy atom. The second kappa shape index (κ2) is 8.54. The summed E-state index contributed by atoms with van der Waals surface area (Å²) in [6.07, 6.45) is 6.06. The summed E-state index contributed by atoms with van der Waals surface area (Å²) in [5, 5.41) is 12.9. The molecule has 0 spiro atoms. The Bertz CT molecular complexity index is 780. The molecule has 1 fully saturated rings. The minimum atomic E-state index is -0.989. The number of carbonyl (C=O) groups is 1. The zero-order valence-electron chi connectivity index (χ0n) is 14.8. The average Bonchev–Trinajstić information content (AvgIpc) is 3.18. The molecule has 0 aliphatic carbocycles. The fraction of sp³-hybridized carbons (Fsp3) is 0.286. The molecule has 2 aromatic rings. The molecule has 1 atom stereocenters. The molecule has 1 heterocycles. The molecule has 0 radical (unpaired) electrons. The summed E-state index contributed by atoms with van der Waals surface area (Å²) in [6, 6.07) is 13.3. The summed E-state index contributed by atoms with van der Waals surface area (Å²) in [7, 11) is 1.51. The smallest absolute Gasteiger partial charge is 0.336 e. The highest BCUT2D eigenvalue weighted by atomic mass is 16.5. The van der Waals surface area contributed by atoms with Crippen LogP contribution in [0.1, 0.15) is 34.3 Å². The van der Waals surface area contributed by atoms with Gasteiger partial charge in [-0.3, -0.25) is 0 Å². The first-order valence-corrected chi connectivity index (χ1v) is 8.71. The molecular weight excluding hydrogens is 330 g/mol. The molecule has 136 valence electrons. The molecule has 1 saturated heterocycles. The van der Waals surface area contributed by atoms with Crippen molar-refractivity contribution in [3.8, 4) is 11.5 Å². The topological polar surface area (TPSA) is 67.8 Å². The third-order valence-corrected chi connectivity index (χ3v) is 4.41. The lowest BCUT2D eigenvalue weighted by atomic mass is 10.0. The van der Waals surface area contributed by atoms with E-state index in [-0.39, 0.29) is 11.6 Å². The van der Waals surface area contributed by atoms with Crippen LogP contribution in [0.4, 0.5) is 0 Å². The highest BCUT2D eigenvalue weighted by Crippen LogP contribution is 2.32. The maximum atomic E-state index is 11.6. The molecule has 0 unspecified atom stereocenters. The van der Waals surface area contributed by atoms with Crippen molar-refractivity contribution in [1.29, 1.82) is 0 Å². The van der Waals surface area contributed by atoms with E-state index < -0.39 is 5.97 Å². The summed E-state index contributed by atoms with van der Waals surface area (Å²) < 4.78 is 11.2. The van der Waals surface area contributed by atoms with Crippen LogP contribution in [0.2, 0.25) is 0 Å². The number of hydrogen-bond donors (Lipinski definition) is 2. The van der Waals surface area contributed by atoms with Crippen LogP contribution in [0.25, 0.3) is 6.08 Å². The third kappa shape index (κ3) is 4.43. The standard InChI is InChI=1S/C21H23NO4/c1-25-19-13-18(21(23)24)16(9-10-17-8-5-11-22-17)12-20(19)26-14-15-6-3-2-4-7-15/h2-4,6-7,9-10,12-13,17,22H,5,8,11,14H2,1H3,(H,23,24)/t17-/m0/s1. The zero-order valence-corrected chi connectivity index (χ0v) is 14.8. The SMILES string of the molecule is COc1cc(C(=O)O)c(C=C[C@@H]2CCCN2)cc1OCc1ccccc1. The Labute approximate surface area is 153 Å². The molecule has 2 N–H and O–H groups in total. The number of ether oxygens (including phenoxy) is 2. The molecule has 1 aliphatic heterocycles. The van der Waals surface area contributed by atoms with E-state index in [0.29, 0.717) is 23.7 Å². The van der Waals surface area contributed by atoms with Gasteiger partial charge in [0, 0.05) is 6.04 Å². The minimum absolute atomic E-state index is 0.197. The lowest BCUT2D eigenvalue weighted by molar-refractivity contribution is 0.0696. The highest BCUT2D eigenvalue weighted by molar-refractivity contribution is 5.93. The van der Waals surface area contributed by atoms with Crippen molar-refractivity contribution in [1.82, 2.24) is 5.32 Å². The van der Waals surface area contributed by atoms with E-state index in [4.69, 9.17) is 9.47 Å². The van der Waals surface area contributed by atoms with Gasteiger partial charge in [-0.25, -0.2) is 4.79 Å². The average molecular weight is 353 g/mol. The summed E-state index contributed by atoms with van der Waals surface area (Å²) in [6.45, 7) is 1.38. The van der Waals surface area contributed by atoms with E-state index in [1.54, 1.807) is 6.07 Å². The van der Waals surface area contributed by atoms with Crippen molar-refractivity contribution in [2.24, 2.45) is 0 Å². The van der Waals surface area contributed by atoms with Crippen molar-refractivity contribution < 1.29 is 19.4 Å². The number of carboxylic acid groups (broad SMARTS) is 1. The Hall–Kier alpha value is -2.79. The van der Waals surface area contributed by atoms with E-state index >= 15 is 0 Å². The predicted molar refractivity (Wildman–Crippen MR) is 101 cm³/mol. The van der Waals surface area contributed by atoms with Crippen LogP contribution in [0, 0.1) is 0 Å². The first-order chi connectivity index (χ1) is 12.7. The van der Waals surface area contributed by atoms with Gasteiger partial charge in [-0.15, -0.1) is 0 Å². The maximum absolute atomic E-state index is 11.6. The Balaban J connectivity index is 1.87. The molecule has 0 bridgehead atoms. The largest absolute Gasteiger partial charge is 0.493 e. The maximum Gasteiger partial charge on any atom is 0.336 e. The van der Waals surface area contributed by atoms with E-state index in [2.05, 4.69) is 5.32 Å². The molecule has 0 saturated carbocycles. The molecule has 26 heavy (non-hydrogen) atoms. The van der Waals surface area contributed by atoms with Gasteiger partial charge in [-0.2, -0.15) is 0 Å². The molecule has 0 amide bonds. The monoisotopic (exact) mass is 353 g/mol. The van der Waals surface area contributed by atoms with E-state index in [9.17, 15) is 9.90 Å². The van der Waals surface area contributed by atoms with Gasteiger partial charge in [0.2, 0.25) is 0 Å². The Kier molecular flexibility index (Phi) is 5.92. The van der Waals surface area contributed by atoms with Crippen molar-refractivity contribution in [3.05, 3.63) is 65.2 Å². The highest BCUT2D eigenvalue weighted by Gasteiger charge is 2.16. The fourth-order valence-corrected chi connectivity index (χ4v) is 3.00. The fourth-order valence-electron chi connectivity index (χ4n) is 3.00. The van der Waals surface area contributed by atoms with Gasteiger partial charge in [0.05, 0.1) is 12.7 Å². The number of rotatable bonds is 7. The number of benzene rings is 2. The van der Waals surface area contributed by atoms with Crippen LogP contribution in [-0.4, -0.2) is 30.8 Å². The van der Waals surface area contributed by atoms with E-state index in [0.717, 1.165) is 24.9 Å². The number of aromatic carboxylic acids is 1. The number of carboxylic acids is 1. The number of hydrogen-bond acceptors (Lipinski definition) is 4. The number of nitrogens with one attached hydrogen (secondary N) is 1. The van der Waals surface area contributed by atoms with E-state index in [1.807, 2.05) is 42.5 Å². The minimum Gasteiger partial charge on any atom is -0.493 e. The second-order valence-corrected chi connectivity index (χ2v) is 6.23. The van der Waals surface area contributed by atoms with Gasteiger partial charge in [0.1, 0.15) is 6.61 Å². The van der Waals surface area contributed by atoms with Crippen LogP contribution >= 0.6 is 0 Å². The van der Waals surface area contributed by atoms with Crippen molar-refractivity contribution in [2.45, 2.75) is 25.5 Å².